The van der Waals surface area contributed by atoms with E-state index in [2.05, 4.69) is 10.4 Å². The van der Waals surface area contributed by atoms with Gasteiger partial charge < -0.3 is 14.8 Å². The SMILES string of the molecule is COc1cc(C)c(NC(=O)Cn2ncc3ccccc3c2=O)cc1OC. The van der Waals surface area contributed by atoms with Crippen molar-refractivity contribution in [2.24, 2.45) is 0 Å². The summed E-state index contributed by atoms with van der Waals surface area (Å²) in [5.74, 6) is 0.731. The molecule has 134 valence electrons. The van der Waals surface area contributed by atoms with Crippen LogP contribution in [0.3, 0.4) is 0 Å². The molecular weight excluding hydrogens is 334 g/mol. The maximum atomic E-state index is 12.5. The molecule has 1 amide bonds. The Morgan fingerprint density at radius 1 is 1.15 bits per heavy atom. The molecule has 26 heavy (non-hydrogen) atoms. The second kappa shape index (κ2) is 7.26. The van der Waals surface area contributed by atoms with Gasteiger partial charge in [-0.2, -0.15) is 5.10 Å². The van der Waals surface area contributed by atoms with Crippen molar-refractivity contribution in [3.05, 3.63) is 58.5 Å². The summed E-state index contributed by atoms with van der Waals surface area (Å²) in [4.78, 5) is 24.8. The highest BCUT2D eigenvalue weighted by Crippen LogP contribution is 2.32. The summed E-state index contributed by atoms with van der Waals surface area (Å²) >= 11 is 0. The van der Waals surface area contributed by atoms with E-state index in [1.54, 1.807) is 43.6 Å². The Kier molecular flexibility index (Phi) is 4.88. The molecule has 0 unspecified atom stereocenters. The van der Waals surface area contributed by atoms with Gasteiger partial charge >= 0.3 is 0 Å². The summed E-state index contributed by atoms with van der Waals surface area (Å²) in [6.45, 7) is 1.66. The minimum absolute atomic E-state index is 0.183. The van der Waals surface area contributed by atoms with Gasteiger partial charge in [0.2, 0.25) is 5.91 Å². The number of rotatable bonds is 5. The summed E-state index contributed by atoms with van der Waals surface area (Å²) in [6, 6.07) is 10.6. The highest BCUT2D eigenvalue weighted by molar-refractivity contribution is 5.92. The zero-order chi connectivity index (χ0) is 18.7. The molecule has 0 radical (unpaired) electrons. The summed E-state index contributed by atoms with van der Waals surface area (Å²) in [5, 5.41) is 8.12. The Morgan fingerprint density at radius 2 is 1.85 bits per heavy atom. The molecule has 3 aromatic rings. The van der Waals surface area contributed by atoms with E-state index in [1.165, 1.54) is 7.11 Å². The van der Waals surface area contributed by atoms with Gasteiger partial charge in [-0.25, -0.2) is 4.68 Å². The zero-order valence-corrected chi connectivity index (χ0v) is 14.8. The van der Waals surface area contributed by atoms with E-state index in [1.807, 2.05) is 13.0 Å². The fraction of sp³-hybridized carbons (Fsp3) is 0.211. The van der Waals surface area contributed by atoms with Gasteiger partial charge in [-0.1, -0.05) is 18.2 Å². The van der Waals surface area contributed by atoms with Gasteiger partial charge in [-0.3, -0.25) is 9.59 Å². The largest absolute Gasteiger partial charge is 0.493 e. The number of anilines is 1. The molecule has 0 bridgehead atoms. The number of hydrogen-bond donors (Lipinski definition) is 1. The van der Waals surface area contributed by atoms with Gasteiger partial charge in [0.15, 0.2) is 11.5 Å². The van der Waals surface area contributed by atoms with Crippen molar-refractivity contribution in [1.29, 1.82) is 0 Å². The standard InChI is InChI=1S/C19H19N3O4/c1-12-8-16(25-2)17(26-3)9-15(12)21-18(23)11-22-19(24)14-7-5-4-6-13(14)10-20-22/h4-10H,11H2,1-3H3,(H,21,23). The highest BCUT2D eigenvalue weighted by atomic mass is 16.5. The Bertz CT molecular complexity index is 1030. The molecule has 0 atom stereocenters. The van der Waals surface area contributed by atoms with Crippen molar-refractivity contribution < 1.29 is 14.3 Å². The van der Waals surface area contributed by atoms with Crippen molar-refractivity contribution in [2.45, 2.75) is 13.5 Å². The van der Waals surface area contributed by atoms with Crippen LogP contribution in [0.4, 0.5) is 5.69 Å². The average Bonchev–Trinajstić information content (AvgIpc) is 2.65. The van der Waals surface area contributed by atoms with Gasteiger partial charge in [0.05, 0.1) is 25.8 Å². The van der Waals surface area contributed by atoms with Crippen LogP contribution in [0.5, 0.6) is 11.5 Å². The molecule has 7 heteroatoms. The summed E-state index contributed by atoms with van der Waals surface area (Å²) in [5.41, 5.74) is 1.10. The molecule has 1 heterocycles. The zero-order valence-electron chi connectivity index (χ0n) is 14.8. The van der Waals surface area contributed by atoms with E-state index < -0.39 is 0 Å². The van der Waals surface area contributed by atoms with Crippen LogP contribution in [-0.2, 0) is 11.3 Å². The molecule has 0 fully saturated rings. The molecule has 0 aliphatic rings. The minimum Gasteiger partial charge on any atom is -0.493 e. The number of fused-ring (bicyclic) bond motifs is 1. The first-order chi connectivity index (χ1) is 12.5. The Labute approximate surface area is 150 Å². The van der Waals surface area contributed by atoms with Gasteiger partial charge in [0.1, 0.15) is 6.54 Å². The molecule has 2 aromatic carbocycles. The summed E-state index contributed by atoms with van der Waals surface area (Å²) in [6.07, 6.45) is 1.58. The molecule has 0 aliphatic carbocycles. The quantitative estimate of drug-likeness (QED) is 0.761. The van der Waals surface area contributed by atoms with Crippen LogP contribution >= 0.6 is 0 Å². The van der Waals surface area contributed by atoms with Crippen molar-refractivity contribution in [1.82, 2.24) is 9.78 Å². The Morgan fingerprint density at radius 3 is 2.58 bits per heavy atom. The van der Waals surface area contributed by atoms with Gasteiger partial charge in [-0.05, 0) is 24.6 Å². The molecule has 0 aliphatic heterocycles. The van der Waals surface area contributed by atoms with Crippen molar-refractivity contribution in [2.75, 3.05) is 19.5 Å². The fourth-order valence-corrected chi connectivity index (χ4v) is 2.68. The summed E-state index contributed by atoms with van der Waals surface area (Å²) < 4.78 is 11.6. The number of aryl methyl sites for hydroxylation is 1. The molecular formula is C19H19N3O4. The van der Waals surface area contributed by atoms with E-state index >= 15 is 0 Å². The maximum absolute atomic E-state index is 12.5. The number of ether oxygens (including phenoxy) is 2. The molecule has 1 aromatic heterocycles. The number of aromatic nitrogens is 2. The normalized spacial score (nSPS) is 10.6. The first kappa shape index (κ1) is 17.5. The Hall–Kier alpha value is -3.35. The fourth-order valence-electron chi connectivity index (χ4n) is 2.68. The third-order valence-corrected chi connectivity index (χ3v) is 4.06. The lowest BCUT2D eigenvalue weighted by Gasteiger charge is -2.14. The van der Waals surface area contributed by atoms with Crippen LogP contribution in [0.15, 0.2) is 47.4 Å². The number of nitrogens with one attached hydrogen (secondary N) is 1. The second-order valence-electron chi connectivity index (χ2n) is 5.76. The molecule has 0 saturated carbocycles. The van der Waals surface area contributed by atoms with Gasteiger partial charge in [0, 0.05) is 17.1 Å². The predicted octanol–water partition coefficient (Wildman–Crippen LogP) is 2.36. The molecule has 1 N–H and O–H groups in total. The number of carbonyl (C=O) groups excluding carboxylic acids is 1. The Balaban J connectivity index is 1.84. The van der Waals surface area contributed by atoms with Crippen molar-refractivity contribution in [3.8, 4) is 11.5 Å². The molecule has 0 spiro atoms. The monoisotopic (exact) mass is 353 g/mol. The minimum atomic E-state index is -0.356. The van der Waals surface area contributed by atoms with Crippen LogP contribution in [0.1, 0.15) is 5.56 Å². The predicted molar refractivity (Wildman–Crippen MR) is 98.9 cm³/mol. The second-order valence-corrected chi connectivity index (χ2v) is 5.76. The van der Waals surface area contributed by atoms with Crippen molar-refractivity contribution in [3.63, 3.8) is 0 Å². The van der Waals surface area contributed by atoms with Crippen LogP contribution < -0.4 is 20.3 Å². The van der Waals surface area contributed by atoms with E-state index in [-0.39, 0.29) is 18.0 Å². The molecule has 7 nitrogen and oxygen atoms in total. The number of hydrogen-bond acceptors (Lipinski definition) is 5. The lowest BCUT2D eigenvalue weighted by molar-refractivity contribution is -0.117. The van der Waals surface area contributed by atoms with Crippen LogP contribution in [-0.4, -0.2) is 29.9 Å². The number of benzene rings is 2. The smallest absolute Gasteiger partial charge is 0.275 e. The van der Waals surface area contributed by atoms with E-state index in [9.17, 15) is 9.59 Å². The van der Waals surface area contributed by atoms with Crippen molar-refractivity contribution >= 4 is 22.4 Å². The first-order valence-corrected chi connectivity index (χ1v) is 8.01. The molecule has 3 rings (SSSR count). The van der Waals surface area contributed by atoms with Gasteiger partial charge in [0.25, 0.3) is 5.56 Å². The van der Waals surface area contributed by atoms with Crippen LogP contribution in [0.2, 0.25) is 0 Å². The number of amides is 1. The third-order valence-electron chi connectivity index (χ3n) is 4.06. The van der Waals surface area contributed by atoms with Crippen LogP contribution in [0, 0.1) is 6.92 Å². The summed E-state index contributed by atoms with van der Waals surface area (Å²) in [7, 11) is 3.07. The third kappa shape index (κ3) is 3.37. The van der Waals surface area contributed by atoms with E-state index in [0.717, 1.165) is 15.6 Å². The average molecular weight is 353 g/mol. The molecule has 0 saturated heterocycles. The number of methoxy groups -OCH3 is 2. The lowest BCUT2D eigenvalue weighted by Crippen LogP contribution is -2.29. The first-order valence-electron chi connectivity index (χ1n) is 8.01. The topological polar surface area (TPSA) is 82.5 Å². The van der Waals surface area contributed by atoms with Gasteiger partial charge in [-0.15, -0.1) is 0 Å². The number of nitrogens with zero attached hydrogens (tertiary/aromatic N) is 2. The van der Waals surface area contributed by atoms with E-state index in [4.69, 9.17) is 9.47 Å². The van der Waals surface area contributed by atoms with Crippen LogP contribution in [0.25, 0.3) is 10.8 Å². The number of carbonyl (C=O) groups is 1. The highest BCUT2D eigenvalue weighted by Gasteiger charge is 2.13. The maximum Gasteiger partial charge on any atom is 0.275 e. The lowest BCUT2D eigenvalue weighted by atomic mass is 10.1. The van der Waals surface area contributed by atoms with E-state index in [0.29, 0.717) is 22.6 Å².